The highest BCUT2D eigenvalue weighted by atomic mass is 15.3. The summed E-state index contributed by atoms with van der Waals surface area (Å²) in [6.07, 6.45) is 3.09. The van der Waals surface area contributed by atoms with E-state index < -0.39 is 0 Å². The van der Waals surface area contributed by atoms with Gasteiger partial charge in [-0.05, 0) is 29.8 Å². The van der Waals surface area contributed by atoms with E-state index in [4.69, 9.17) is 10.5 Å². The highest BCUT2D eigenvalue weighted by Gasteiger charge is 2.07. The Morgan fingerprint density at radius 3 is 2.44 bits per heavy atom. The van der Waals surface area contributed by atoms with E-state index in [1.165, 1.54) is 11.8 Å². The van der Waals surface area contributed by atoms with E-state index in [0.29, 0.717) is 6.54 Å². The van der Waals surface area contributed by atoms with Crippen LogP contribution in [0, 0.1) is 22.7 Å². The van der Waals surface area contributed by atoms with Crippen molar-refractivity contribution in [3.05, 3.63) is 78.3 Å². The lowest BCUT2D eigenvalue weighted by Crippen LogP contribution is -2.01. The Morgan fingerprint density at radius 2 is 1.76 bits per heavy atom. The van der Waals surface area contributed by atoms with E-state index in [-0.39, 0.29) is 5.57 Å². The summed E-state index contributed by atoms with van der Waals surface area (Å²) < 4.78 is 1.99. The van der Waals surface area contributed by atoms with Gasteiger partial charge in [0, 0.05) is 17.5 Å². The minimum Gasteiger partial charge on any atom is -0.360 e. The average molecular weight is 326 g/mol. The molecule has 0 saturated heterocycles. The fourth-order valence-electron chi connectivity index (χ4n) is 2.33. The zero-order valence-corrected chi connectivity index (χ0v) is 13.3. The molecule has 1 aromatic heterocycles. The summed E-state index contributed by atoms with van der Waals surface area (Å²) in [4.78, 5) is 0. The molecule has 3 rings (SSSR count). The Balaban J connectivity index is 1.78. The van der Waals surface area contributed by atoms with Crippen LogP contribution in [0.5, 0.6) is 0 Å². The largest absolute Gasteiger partial charge is 0.360 e. The molecule has 0 bridgehead atoms. The predicted molar refractivity (Wildman–Crippen MR) is 93.9 cm³/mol. The maximum atomic E-state index is 8.73. The highest BCUT2D eigenvalue weighted by Crippen LogP contribution is 2.20. The number of anilines is 1. The fraction of sp³-hybridized carbons (Fsp3) is 0.0526. The van der Waals surface area contributed by atoms with Crippen molar-refractivity contribution in [3.8, 4) is 23.5 Å². The van der Waals surface area contributed by atoms with Gasteiger partial charge >= 0.3 is 0 Å². The topological polar surface area (TPSA) is 90.3 Å². The lowest BCUT2D eigenvalue weighted by atomic mass is 10.1. The van der Waals surface area contributed by atoms with Crippen LogP contribution in [0.25, 0.3) is 11.4 Å². The maximum absolute atomic E-state index is 8.73. The van der Waals surface area contributed by atoms with Crippen LogP contribution >= 0.6 is 0 Å². The molecule has 0 amide bonds. The molecule has 0 aliphatic rings. The van der Waals surface area contributed by atoms with Gasteiger partial charge in [0.15, 0.2) is 5.82 Å². The smallest absolute Gasteiger partial charge is 0.164 e. The summed E-state index contributed by atoms with van der Waals surface area (Å²) in [6, 6.07) is 21.3. The second-order valence-electron chi connectivity index (χ2n) is 5.27. The molecule has 0 fully saturated rings. The van der Waals surface area contributed by atoms with Gasteiger partial charge in [0.1, 0.15) is 24.0 Å². The summed E-state index contributed by atoms with van der Waals surface area (Å²) >= 11 is 0. The fourth-order valence-corrected chi connectivity index (χ4v) is 2.33. The highest BCUT2D eigenvalue weighted by molar-refractivity contribution is 5.61. The van der Waals surface area contributed by atoms with Gasteiger partial charge in [0.2, 0.25) is 0 Å². The first-order valence-electron chi connectivity index (χ1n) is 7.59. The quantitative estimate of drug-likeness (QED) is 0.726. The molecule has 0 atom stereocenters. The number of nitriles is 2. The minimum atomic E-state index is 0.0201. The summed E-state index contributed by atoms with van der Waals surface area (Å²) in [5.41, 5.74) is 2.91. The molecule has 0 aliphatic carbocycles. The van der Waals surface area contributed by atoms with Crippen LogP contribution in [0.3, 0.4) is 0 Å². The van der Waals surface area contributed by atoms with Crippen molar-refractivity contribution in [3.63, 3.8) is 0 Å². The predicted octanol–water partition coefficient (Wildman–Crippen LogP) is 3.34. The van der Waals surface area contributed by atoms with Crippen molar-refractivity contribution >= 4 is 5.69 Å². The molecule has 0 radical (unpaired) electrons. The standard InChI is InChI=1S/C19H14N6/c20-10-16(11-21)12-22-18-8-6-17(7-9-18)19-24-23-14-25(19)13-15-4-2-1-3-5-15/h1-9,12,14,22H,13H2. The Morgan fingerprint density at radius 1 is 1.04 bits per heavy atom. The van der Waals surface area contributed by atoms with Crippen molar-refractivity contribution in [2.75, 3.05) is 5.32 Å². The first-order chi connectivity index (χ1) is 12.3. The Labute approximate surface area is 145 Å². The van der Waals surface area contributed by atoms with E-state index in [9.17, 15) is 0 Å². The third-order valence-corrected chi connectivity index (χ3v) is 3.58. The molecule has 0 aliphatic heterocycles. The lowest BCUT2D eigenvalue weighted by Gasteiger charge is -2.08. The van der Waals surface area contributed by atoms with Crippen LogP contribution < -0.4 is 5.32 Å². The number of aromatic nitrogens is 3. The number of nitrogens with zero attached hydrogens (tertiary/aromatic N) is 5. The van der Waals surface area contributed by atoms with Crippen molar-refractivity contribution < 1.29 is 0 Å². The van der Waals surface area contributed by atoms with Crippen molar-refractivity contribution in [1.82, 2.24) is 14.8 Å². The summed E-state index contributed by atoms with van der Waals surface area (Å²) in [5, 5.41) is 28.6. The van der Waals surface area contributed by atoms with Gasteiger partial charge < -0.3 is 9.88 Å². The second kappa shape index (κ2) is 7.58. The van der Waals surface area contributed by atoms with Gasteiger partial charge in [-0.1, -0.05) is 30.3 Å². The Bertz CT molecular complexity index is 940. The first-order valence-corrected chi connectivity index (χ1v) is 7.59. The number of allylic oxidation sites excluding steroid dienone is 1. The average Bonchev–Trinajstić information content (AvgIpc) is 3.12. The molecule has 0 saturated carbocycles. The van der Waals surface area contributed by atoms with Crippen molar-refractivity contribution in [2.24, 2.45) is 0 Å². The van der Waals surface area contributed by atoms with Gasteiger partial charge in [0.05, 0.1) is 6.54 Å². The molecule has 25 heavy (non-hydrogen) atoms. The SMILES string of the molecule is N#CC(C#N)=CNc1ccc(-c2nncn2Cc2ccccc2)cc1. The molecular weight excluding hydrogens is 312 g/mol. The van der Waals surface area contributed by atoms with E-state index >= 15 is 0 Å². The number of benzene rings is 2. The van der Waals surface area contributed by atoms with Crippen LogP contribution in [0.2, 0.25) is 0 Å². The third kappa shape index (κ3) is 3.90. The Hall–Kier alpha value is -3.90. The van der Waals surface area contributed by atoms with Crippen molar-refractivity contribution in [1.29, 1.82) is 10.5 Å². The molecule has 0 spiro atoms. The van der Waals surface area contributed by atoms with E-state index in [1.807, 2.05) is 47.0 Å². The molecule has 6 nitrogen and oxygen atoms in total. The van der Waals surface area contributed by atoms with E-state index in [2.05, 4.69) is 27.6 Å². The van der Waals surface area contributed by atoms with Crippen LogP contribution in [0.4, 0.5) is 5.69 Å². The van der Waals surface area contributed by atoms with Crippen LogP contribution in [-0.4, -0.2) is 14.8 Å². The first kappa shape index (κ1) is 16.0. The zero-order valence-electron chi connectivity index (χ0n) is 13.3. The summed E-state index contributed by atoms with van der Waals surface area (Å²) in [6.45, 7) is 0.694. The van der Waals surface area contributed by atoms with Crippen molar-refractivity contribution in [2.45, 2.75) is 6.54 Å². The van der Waals surface area contributed by atoms with Gasteiger partial charge in [0.25, 0.3) is 0 Å². The second-order valence-corrected chi connectivity index (χ2v) is 5.27. The van der Waals surface area contributed by atoms with Crippen LogP contribution in [0.1, 0.15) is 5.56 Å². The maximum Gasteiger partial charge on any atom is 0.164 e. The Kier molecular flexibility index (Phi) is 4.84. The lowest BCUT2D eigenvalue weighted by molar-refractivity contribution is 0.803. The number of nitrogens with one attached hydrogen (secondary N) is 1. The molecular formula is C19H14N6. The normalized spacial score (nSPS) is 9.68. The third-order valence-electron chi connectivity index (χ3n) is 3.58. The van der Waals surface area contributed by atoms with Gasteiger partial charge in [-0.2, -0.15) is 10.5 Å². The number of hydrogen-bond acceptors (Lipinski definition) is 5. The van der Waals surface area contributed by atoms with E-state index in [0.717, 1.165) is 17.1 Å². The molecule has 6 heteroatoms. The van der Waals surface area contributed by atoms with E-state index in [1.54, 1.807) is 18.5 Å². The molecule has 1 heterocycles. The molecule has 3 aromatic rings. The van der Waals surface area contributed by atoms with Gasteiger partial charge in [-0.3, -0.25) is 0 Å². The molecule has 2 aromatic carbocycles. The van der Waals surface area contributed by atoms with Crippen LogP contribution in [-0.2, 0) is 6.54 Å². The molecule has 0 unspecified atom stereocenters. The summed E-state index contributed by atoms with van der Waals surface area (Å²) in [5.74, 6) is 0.778. The summed E-state index contributed by atoms with van der Waals surface area (Å²) in [7, 11) is 0. The van der Waals surface area contributed by atoms with Gasteiger partial charge in [-0.25, -0.2) is 0 Å². The number of rotatable bonds is 5. The number of hydrogen-bond donors (Lipinski definition) is 1. The monoisotopic (exact) mass is 326 g/mol. The zero-order chi connectivity index (χ0) is 17.5. The minimum absolute atomic E-state index is 0.0201. The molecule has 1 N–H and O–H groups in total. The molecule has 120 valence electrons. The van der Waals surface area contributed by atoms with Gasteiger partial charge in [-0.15, -0.1) is 10.2 Å². The van der Waals surface area contributed by atoms with Crippen LogP contribution in [0.15, 0.2) is 72.7 Å².